The first kappa shape index (κ1) is 8.57. The van der Waals surface area contributed by atoms with Crippen LogP contribution in [0.25, 0.3) is 0 Å². The number of halogens is 1. The largest absolute Gasteiger partial charge is 0.209 e. The summed E-state index contributed by atoms with van der Waals surface area (Å²) in [5.41, 5.74) is 1.21. The van der Waals surface area contributed by atoms with E-state index in [1.54, 1.807) is 0 Å². The highest BCUT2D eigenvalue weighted by molar-refractivity contribution is 8.21. The average molecular weight is 194 g/mol. The first-order chi connectivity index (χ1) is 6.34. The molecule has 0 amide bonds. The molecule has 2 rings (SSSR count). The Kier molecular flexibility index (Phi) is 2.50. The van der Waals surface area contributed by atoms with Gasteiger partial charge in [0.2, 0.25) is 0 Å². The van der Waals surface area contributed by atoms with Gasteiger partial charge in [-0.15, -0.1) is 0 Å². The highest BCUT2D eigenvalue weighted by atomic mass is 32.2. The van der Waals surface area contributed by atoms with E-state index in [-0.39, 0.29) is 16.7 Å². The van der Waals surface area contributed by atoms with Gasteiger partial charge in [0.05, 0.1) is 0 Å². The second-order valence-electron chi connectivity index (χ2n) is 2.98. The Bertz CT molecular complexity index is 326. The summed E-state index contributed by atoms with van der Waals surface area (Å²) in [6.45, 7) is 0. The Morgan fingerprint density at radius 3 is 2.23 bits per heavy atom. The van der Waals surface area contributed by atoms with Crippen molar-refractivity contribution in [2.45, 2.75) is 5.75 Å². The van der Waals surface area contributed by atoms with Crippen LogP contribution in [-0.2, 0) is 5.75 Å². The molecule has 0 atom stereocenters. The fourth-order valence-corrected chi connectivity index (χ4v) is 2.86. The van der Waals surface area contributed by atoms with E-state index < -0.39 is 0 Å². The van der Waals surface area contributed by atoms with Crippen molar-refractivity contribution in [1.82, 2.24) is 0 Å². The van der Waals surface area contributed by atoms with Gasteiger partial charge in [-0.3, -0.25) is 0 Å². The molecule has 68 valence electrons. The molecule has 13 heavy (non-hydrogen) atoms. The van der Waals surface area contributed by atoms with Crippen LogP contribution < -0.4 is 0 Å². The third-order valence-corrected chi connectivity index (χ3v) is 3.79. The Balaban J connectivity index is 2.05. The Morgan fingerprint density at radius 1 is 1.00 bits per heavy atom. The van der Waals surface area contributed by atoms with Gasteiger partial charge in [0.15, 0.2) is 0 Å². The maximum Gasteiger partial charge on any atom is 0.123 e. The monoisotopic (exact) mass is 194 g/mol. The summed E-state index contributed by atoms with van der Waals surface area (Å²) in [5, 5.41) is 4.44. The van der Waals surface area contributed by atoms with Crippen molar-refractivity contribution < 1.29 is 4.39 Å². The normalized spacial score (nSPS) is 16.8. The highest BCUT2D eigenvalue weighted by Crippen LogP contribution is 2.36. The van der Waals surface area contributed by atoms with E-state index in [2.05, 4.69) is 23.0 Å². The maximum absolute atomic E-state index is 12.6. The molecule has 0 spiro atoms. The average Bonchev–Trinajstić information content (AvgIpc) is 2.62. The maximum atomic E-state index is 12.6. The minimum absolute atomic E-state index is 0.115. The molecule has 1 heterocycles. The van der Waals surface area contributed by atoms with Crippen LogP contribution in [0.5, 0.6) is 0 Å². The SMILES string of the molecule is Fc1ccc(C[SH]2C=CC=C2)cc1. The molecule has 0 saturated heterocycles. The van der Waals surface area contributed by atoms with Crippen molar-refractivity contribution in [3.8, 4) is 0 Å². The van der Waals surface area contributed by atoms with Crippen LogP contribution >= 0.6 is 10.9 Å². The number of benzene rings is 1. The molecule has 0 N–H and O–H groups in total. The van der Waals surface area contributed by atoms with Gasteiger partial charge in [0.25, 0.3) is 0 Å². The standard InChI is InChI=1S/C11H11FS/c12-11-5-3-10(4-6-11)9-13-7-1-2-8-13/h1-8,13H,9H2. The summed E-state index contributed by atoms with van der Waals surface area (Å²) >= 11 is 0. The second-order valence-corrected chi connectivity index (χ2v) is 4.92. The van der Waals surface area contributed by atoms with Gasteiger partial charge in [0, 0.05) is 5.75 Å². The van der Waals surface area contributed by atoms with Gasteiger partial charge in [-0.25, -0.2) is 15.3 Å². The Morgan fingerprint density at radius 2 is 1.62 bits per heavy atom. The lowest BCUT2D eigenvalue weighted by molar-refractivity contribution is 0.627. The number of allylic oxidation sites excluding steroid dienone is 2. The molecule has 2 heteroatoms. The third kappa shape index (κ3) is 2.22. The third-order valence-electron chi connectivity index (χ3n) is 1.94. The molecule has 1 aromatic rings. The van der Waals surface area contributed by atoms with Crippen molar-refractivity contribution in [3.05, 3.63) is 58.6 Å². The second kappa shape index (κ2) is 3.79. The van der Waals surface area contributed by atoms with Crippen molar-refractivity contribution in [2.75, 3.05) is 0 Å². The molecule has 0 radical (unpaired) electrons. The van der Waals surface area contributed by atoms with E-state index in [9.17, 15) is 4.39 Å². The van der Waals surface area contributed by atoms with Crippen LogP contribution in [0.15, 0.2) is 47.2 Å². The first-order valence-corrected chi connectivity index (χ1v) is 5.86. The molecule has 0 aromatic heterocycles. The number of hydrogen-bond acceptors (Lipinski definition) is 0. The fraction of sp³-hybridized carbons (Fsp3) is 0.0909. The predicted molar refractivity (Wildman–Crippen MR) is 57.4 cm³/mol. The molecule has 1 aliphatic heterocycles. The molecule has 0 unspecified atom stereocenters. The summed E-state index contributed by atoms with van der Waals surface area (Å²) in [7, 11) is -0.115. The lowest BCUT2D eigenvalue weighted by Gasteiger charge is -2.09. The molecular formula is C11H11FS. The van der Waals surface area contributed by atoms with Crippen LogP contribution in [0.1, 0.15) is 5.56 Å². The number of hydrogen-bond donors (Lipinski definition) is 1. The van der Waals surface area contributed by atoms with E-state index in [1.807, 2.05) is 12.1 Å². The van der Waals surface area contributed by atoms with Gasteiger partial charge in [-0.2, -0.15) is 0 Å². The van der Waals surface area contributed by atoms with Gasteiger partial charge in [0.1, 0.15) is 5.82 Å². The van der Waals surface area contributed by atoms with Crippen molar-refractivity contribution in [2.24, 2.45) is 0 Å². The topological polar surface area (TPSA) is 0 Å². The summed E-state index contributed by atoms with van der Waals surface area (Å²) in [6.07, 6.45) is 4.16. The van der Waals surface area contributed by atoms with Crippen LogP contribution in [0.4, 0.5) is 4.39 Å². The van der Waals surface area contributed by atoms with Gasteiger partial charge >= 0.3 is 0 Å². The lowest BCUT2D eigenvalue weighted by atomic mass is 10.2. The molecule has 0 bridgehead atoms. The van der Waals surface area contributed by atoms with Crippen molar-refractivity contribution in [1.29, 1.82) is 0 Å². The van der Waals surface area contributed by atoms with Crippen LogP contribution in [0.3, 0.4) is 0 Å². The molecule has 0 nitrogen and oxygen atoms in total. The number of thiol groups is 1. The Hall–Kier alpha value is -1.02. The van der Waals surface area contributed by atoms with E-state index >= 15 is 0 Å². The molecule has 0 saturated carbocycles. The summed E-state index contributed by atoms with van der Waals surface area (Å²) < 4.78 is 12.6. The number of rotatable bonds is 2. The van der Waals surface area contributed by atoms with Gasteiger partial charge < -0.3 is 0 Å². The predicted octanol–water partition coefficient (Wildman–Crippen LogP) is 3.37. The van der Waals surface area contributed by atoms with Gasteiger partial charge in [-0.05, 0) is 28.5 Å². The summed E-state index contributed by atoms with van der Waals surface area (Å²) in [6, 6.07) is 6.76. The molecule has 1 aliphatic rings. The Labute approximate surface area is 80.1 Å². The fourth-order valence-electron chi connectivity index (χ4n) is 1.28. The minimum Gasteiger partial charge on any atom is -0.209 e. The van der Waals surface area contributed by atoms with Crippen molar-refractivity contribution in [3.63, 3.8) is 0 Å². The zero-order valence-corrected chi connectivity index (χ0v) is 8.05. The van der Waals surface area contributed by atoms with Crippen LogP contribution in [0, 0.1) is 5.82 Å². The molecular weight excluding hydrogens is 183 g/mol. The van der Waals surface area contributed by atoms with E-state index in [0.29, 0.717) is 0 Å². The lowest BCUT2D eigenvalue weighted by Crippen LogP contribution is -1.82. The molecule has 1 aromatic carbocycles. The quantitative estimate of drug-likeness (QED) is 0.686. The van der Waals surface area contributed by atoms with E-state index in [0.717, 1.165) is 5.75 Å². The first-order valence-electron chi connectivity index (χ1n) is 4.20. The van der Waals surface area contributed by atoms with E-state index in [4.69, 9.17) is 0 Å². The van der Waals surface area contributed by atoms with Crippen molar-refractivity contribution >= 4 is 10.9 Å². The summed E-state index contributed by atoms with van der Waals surface area (Å²) in [4.78, 5) is 0. The molecule has 0 aliphatic carbocycles. The smallest absolute Gasteiger partial charge is 0.123 e. The zero-order chi connectivity index (χ0) is 9.10. The van der Waals surface area contributed by atoms with Crippen LogP contribution in [-0.4, -0.2) is 0 Å². The van der Waals surface area contributed by atoms with Gasteiger partial charge in [-0.1, -0.05) is 24.3 Å². The zero-order valence-electron chi connectivity index (χ0n) is 7.15. The highest BCUT2D eigenvalue weighted by Gasteiger charge is 2.00. The van der Waals surface area contributed by atoms with Crippen LogP contribution in [0.2, 0.25) is 0 Å². The summed E-state index contributed by atoms with van der Waals surface area (Å²) in [5.74, 6) is 0.872. The van der Waals surface area contributed by atoms with E-state index in [1.165, 1.54) is 17.7 Å². The molecule has 0 fully saturated rings. The minimum atomic E-state index is -0.158.